The van der Waals surface area contributed by atoms with Gasteiger partial charge in [0.15, 0.2) is 0 Å². The summed E-state index contributed by atoms with van der Waals surface area (Å²) in [5.74, 6) is 0.503. The van der Waals surface area contributed by atoms with Crippen molar-refractivity contribution in [1.82, 2.24) is 0 Å². The molecule has 0 aromatic heterocycles. The van der Waals surface area contributed by atoms with Crippen molar-refractivity contribution in [1.29, 1.82) is 0 Å². The van der Waals surface area contributed by atoms with E-state index >= 15 is 0 Å². The Labute approximate surface area is 97.3 Å². The predicted octanol–water partition coefficient (Wildman–Crippen LogP) is 2.16. The van der Waals surface area contributed by atoms with Crippen LogP contribution in [-0.4, -0.2) is 17.4 Å². The summed E-state index contributed by atoms with van der Waals surface area (Å²) in [4.78, 5) is 0. The highest BCUT2D eigenvalue weighted by Gasteiger charge is 2.10. The molecule has 3 nitrogen and oxygen atoms in total. The maximum Gasteiger partial charge on any atom is 0.707 e. The third kappa shape index (κ3) is 5.19. The van der Waals surface area contributed by atoms with E-state index in [-0.39, 0.29) is 0 Å². The zero-order chi connectivity index (χ0) is 11.8. The molecule has 0 aliphatic rings. The molecule has 0 aliphatic carbocycles. The lowest BCUT2D eigenvalue weighted by molar-refractivity contribution is 0.288. The molecule has 0 saturated carbocycles. The molecule has 2 N–H and O–H groups in total. The minimum Gasteiger partial charge on any atom is -0.512 e. The number of hydrogen-bond acceptors (Lipinski definition) is 3. The van der Waals surface area contributed by atoms with E-state index in [1.54, 1.807) is 6.07 Å². The Kier molecular flexibility index (Phi) is 5.97. The molecule has 1 rings (SSSR count). The van der Waals surface area contributed by atoms with Gasteiger partial charge in [-0.25, -0.2) is 0 Å². The molecular weight excluding hydrogens is 203 g/mol. The fraction of sp³-hybridized carbons (Fsp3) is 0.500. The van der Waals surface area contributed by atoms with Gasteiger partial charge in [-0.05, 0) is 30.5 Å². The SMILES string of the molecule is CCCCCCc1cccc(OB(O)O)c1. The quantitative estimate of drug-likeness (QED) is 0.549. The summed E-state index contributed by atoms with van der Waals surface area (Å²) in [6, 6.07) is 7.47. The van der Waals surface area contributed by atoms with Gasteiger partial charge in [-0.15, -0.1) is 0 Å². The van der Waals surface area contributed by atoms with Gasteiger partial charge in [-0.1, -0.05) is 38.3 Å². The summed E-state index contributed by atoms with van der Waals surface area (Å²) in [5.41, 5.74) is 1.18. The molecule has 16 heavy (non-hydrogen) atoms. The molecular formula is C12H19BO3. The lowest BCUT2D eigenvalue weighted by atomic mass is 10.1. The van der Waals surface area contributed by atoms with Gasteiger partial charge in [0.25, 0.3) is 0 Å². The highest BCUT2D eigenvalue weighted by molar-refractivity contribution is 6.33. The molecule has 0 amide bonds. The second-order valence-corrected chi connectivity index (χ2v) is 3.90. The van der Waals surface area contributed by atoms with E-state index in [0.29, 0.717) is 5.75 Å². The van der Waals surface area contributed by atoms with Gasteiger partial charge in [0.05, 0.1) is 0 Å². The number of rotatable bonds is 7. The third-order valence-corrected chi connectivity index (χ3v) is 2.46. The molecule has 0 fully saturated rings. The van der Waals surface area contributed by atoms with Crippen molar-refractivity contribution in [3.63, 3.8) is 0 Å². The molecule has 0 bridgehead atoms. The minimum absolute atomic E-state index is 0.503. The average Bonchev–Trinajstić information content (AvgIpc) is 2.24. The van der Waals surface area contributed by atoms with Crippen molar-refractivity contribution >= 4 is 7.32 Å². The van der Waals surface area contributed by atoms with E-state index in [2.05, 4.69) is 6.92 Å². The Morgan fingerprint density at radius 1 is 1.19 bits per heavy atom. The van der Waals surface area contributed by atoms with Crippen LogP contribution in [0.4, 0.5) is 0 Å². The van der Waals surface area contributed by atoms with Crippen molar-refractivity contribution in [2.75, 3.05) is 0 Å². The second kappa shape index (κ2) is 7.31. The molecule has 1 aromatic rings. The first-order chi connectivity index (χ1) is 7.72. The Bertz CT molecular complexity index is 302. The predicted molar refractivity (Wildman–Crippen MR) is 65.1 cm³/mol. The zero-order valence-corrected chi connectivity index (χ0v) is 9.72. The largest absolute Gasteiger partial charge is 0.707 e. The number of aryl methyl sites for hydroxylation is 1. The van der Waals surface area contributed by atoms with Crippen molar-refractivity contribution in [2.45, 2.75) is 39.0 Å². The maximum absolute atomic E-state index is 8.68. The maximum atomic E-state index is 8.68. The summed E-state index contributed by atoms with van der Waals surface area (Å²) >= 11 is 0. The van der Waals surface area contributed by atoms with Crippen molar-refractivity contribution in [3.8, 4) is 5.75 Å². The van der Waals surface area contributed by atoms with Crippen molar-refractivity contribution in [3.05, 3.63) is 29.8 Å². The van der Waals surface area contributed by atoms with Crippen LogP contribution in [0, 0.1) is 0 Å². The minimum atomic E-state index is -1.74. The second-order valence-electron chi connectivity index (χ2n) is 3.90. The molecule has 0 unspecified atom stereocenters. The first-order valence-electron chi connectivity index (χ1n) is 5.84. The molecule has 0 heterocycles. The van der Waals surface area contributed by atoms with Crippen LogP contribution in [0.25, 0.3) is 0 Å². The van der Waals surface area contributed by atoms with Gasteiger partial charge in [-0.2, -0.15) is 0 Å². The fourth-order valence-electron chi connectivity index (χ4n) is 1.65. The highest BCUT2D eigenvalue weighted by Crippen LogP contribution is 2.15. The Morgan fingerprint density at radius 3 is 2.69 bits per heavy atom. The number of unbranched alkanes of at least 4 members (excludes halogenated alkanes) is 3. The van der Waals surface area contributed by atoms with Crippen LogP contribution in [0.1, 0.15) is 38.2 Å². The summed E-state index contributed by atoms with van der Waals surface area (Å²) in [5, 5.41) is 17.4. The summed E-state index contributed by atoms with van der Waals surface area (Å²) in [7, 11) is -1.74. The molecule has 88 valence electrons. The highest BCUT2D eigenvalue weighted by atomic mass is 16.6. The van der Waals surface area contributed by atoms with Gasteiger partial charge in [0, 0.05) is 0 Å². The molecule has 0 saturated heterocycles. The first kappa shape index (κ1) is 13.1. The number of benzene rings is 1. The Morgan fingerprint density at radius 2 is 2.00 bits per heavy atom. The van der Waals surface area contributed by atoms with E-state index in [4.69, 9.17) is 14.7 Å². The van der Waals surface area contributed by atoms with Crippen molar-refractivity contribution < 1.29 is 14.7 Å². The first-order valence-corrected chi connectivity index (χ1v) is 5.84. The zero-order valence-electron chi connectivity index (χ0n) is 9.72. The van der Waals surface area contributed by atoms with Crippen LogP contribution in [-0.2, 0) is 6.42 Å². The van der Waals surface area contributed by atoms with Crippen LogP contribution in [0.5, 0.6) is 5.75 Å². The summed E-state index contributed by atoms with van der Waals surface area (Å²) in [6.07, 6.45) is 5.92. The molecule has 1 aromatic carbocycles. The Balaban J connectivity index is 2.41. The van der Waals surface area contributed by atoms with E-state index in [1.807, 2.05) is 18.2 Å². The van der Waals surface area contributed by atoms with Crippen LogP contribution in [0.2, 0.25) is 0 Å². The normalized spacial score (nSPS) is 10.2. The van der Waals surface area contributed by atoms with Crippen LogP contribution >= 0.6 is 0 Å². The molecule has 0 atom stereocenters. The topological polar surface area (TPSA) is 49.7 Å². The van der Waals surface area contributed by atoms with Gasteiger partial charge >= 0.3 is 7.32 Å². The third-order valence-electron chi connectivity index (χ3n) is 2.46. The van der Waals surface area contributed by atoms with Gasteiger partial charge < -0.3 is 14.7 Å². The van der Waals surface area contributed by atoms with E-state index < -0.39 is 7.32 Å². The standard InChI is InChI=1S/C12H19BO3/c1-2-3-4-5-7-11-8-6-9-12(10-11)16-13(14)15/h6,8-10,14-15H,2-5,7H2,1H3. The molecule has 0 aliphatic heterocycles. The Hall–Kier alpha value is -0.995. The lowest BCUT2D eigenvalue weighted by Gasteiger charge is -2.06. The number of hydrogen-bond donors (Lipinski definition) is 2. The summed E-state index contributed by atoms with van der Waals surface area (Å²) in [6.45, 7) is 2.19. The van der Waals surface area contributed by atoms with Gasteiger partial charge in [0.2, 0.25) is 0 Å². The molecule has 0 spiro atoms. The average molecular weight is 222 g/mol. The molecule has 4 heteroatoms. The summed E-state index contributed by atoms with van der Waals surface area (Å²) < 4.78 is 4.79. The van der Waals surface area contributed by atoms with E-state index in [0.717, 1.165) is 6.42 Å². The van der Waals surface area contributed by atoms with E-state index in [9.17, 15) is 0 Å². The van der Waals surface area contributed by atoms with Crippen LogP contribution < -0.4 is 4.65 Å². The monoisotopic (exact) mass is 222 g/mol. The lowest BCUT2D eigenvalue weighted by Crippen LogP contribution is -2.20. The fourth-order valence-corrected chi connectivity index (χ4v) is 1.65. The van der Waals surface area contributed by atoms with Crippen molar-refractivity contribution in [2.24, 2.45) is 0 Å². The van der Waals surface area contributed by atoms with Gasteiger partial charge in [0.1, 0.15) is 5.75 Å². The smallest absolute Gasteiger partial charge is 0.512 e. The van der Waals surface area contributed by atoms with Gasteiger partial charge in [-0.3, -0.25) is 0 Å². The van der Waals surface area contributed by atoms with E-state index in [1.165, 1.54) is 31.2 Å². The van der Waals surface area contributed by atoms with Crippen LogP contribution in [0.3, 0.4) is 0 Å². The molecule has 0 radical (unpaired) electrons. The van der Waals surface area contributed by atoms with Crippen LogP contribution in [0.15, 0.2) is 24.3 Å².